The number of nitriles is 1. The Kier molecular flexibility index (Phi) is 4.76. The Balaban J connectivity index is 2.86. The molecule has 0 aliphatic rings. The van der Waals surface area contributed by atoms with Crippen LogP contribution in [0.25, 0.3) is 0 Å². The first kappa shape index (κ1) is 15.6. The van der Waals surface area contributed by atoms with E-state index >= 15 is 0 Å². The predicted octanol–water partition coefficient (Wildman–Crippen LogP) is 2.43. The summed E-state index contributed by atoms with van der Waals surface area (Å²) < 4.78 is 0. The van der Waals surface area contributed by atoms with E-state index < -0.39 is 11.4 Å². The lowest BCUT2D eigenvalue weighted by molar-refractivity contribution is -0.118. The fourth-order valence-corrected chi connectivity index (χ4v) is 1.47. The van der Waals surface area contributed by atoms with Gasteiger partial charge in [-0.15, -0.1) is 0 Å². The van der Waals surface area contributed by atoms with E-state index in [4.69, 9.17) is 5.26 Å². The maximum atomic E-state index is 11.8. The lowest BCUT2D eigenvalue weighted by Crippen LogP contribution is -2.41. The van der Waals surface area contributed by atoms with Crippen LogP contribution in [-0.2, 0) is 4.79 Å². The fourth-order valence-electron chi connectivity index (χ4n) is 1.47. The van der Waals surface area contributed by atoms with Crippen molar-refractivity contribution in [2.75, 3.05) is 5.32 Å². The number of aromatic hydroxyl groups is 1. The normalized spacial score (nSPS) is 11.7. The number of carbonyl (C=O) groups excluding carboxylic acids is 1. The number of amides is 1. The van der Waals surface area contributed by atoms with Gasteiger partial charge >= 0.3 is 0 Å². The summed E-state index contributed by atoms with van der Waals surface area (Å²) in [5.74, 6) is -0.395. The number of hydrogen-bond acceptors (Lipinski definition) is 4. The van der Waals surface area contributed by atoms with Gasteiger partial charge in [0.25, 0.3) is 5.91 Å². The fraction of sp³-hybridized carbons (Fsp3) is 0.333. The Labute approximate surface area is 118 Å². The highest BCUT2D eigenvalue weighted by atomic mass is 16.3. The first-order valence-electron chi connectivity index (χ1n) is 6.22. The summed E-state index contributed by atoms with van der Waals surface area (Å²) in [6.07, 6.45) is 1.28. The minimum Gasteiger partial charge on any atom is -0.506 e. The summed E-state index contributed by atoms with van der Waals surface area (Å²) in [4.78, 5) is 11.8. The van der Waals surface area contributed by atoms with Gasteiger partial charge in [0.1, 0.15) is 17.4 Å². The molecule has 5 nitrogen and oxygen atoms in total. The largest absolute Gasteiger partial charge is 0.506 e. The van der Waals surface area contributed by atoms with Crippen molar-refractivity contribution in [3.05, 3.63) is 35.5 Å². The van der Waals surface area contributed by atoms with Crippen molar-refractivity contribution in [3.63, 3.8) is 0 Å². The van der Waals surface area contributed by atoms with Crippen LogP contribution in [0, 0.1) is 18.3 Å². The minimum absolute atomic E-state index is 0.0556. The van der Waals surface area contributed by atoms with E-state index in [1.165, 1.54) is 6.20 Å². The molecule has 0 spiro atoms. The molecule has 0 unspecified atom stereocenters. The van der Waals surface area contributed by atoms with Crippen molar-refractivity contribution >= 4 is 11.6 Å². The number of nitrogens with one attached hydrogen (secondary N) is 2. The van der Waals surface area contributed by atoms with Crippen molar-refractivity contribution in [1.82, 2.24) is 5.32 Å². The second-order valence-corrected chi connectivity index (χ2v) is 5.54. The molecular formula is C15H19N3O2. The van der Waals surface area contributed by atoms with Gasteiger partial charge in [-0.05, 0) is 45.4 Å². The highest BCUT2D eigenvalue weighted by Gasteiger charge is 2.17. The van der Waals surface area contributed by atoms with E-state index in [-0.39, 0.29) is 11.3 Å². The SMILES string of the molecule is Cc1ccc(N/C=C(/C#N)C(=O)NC(C)(C)C)c(O)c1. The number of nitrogens with zero attached hydrogens (tertiary/aromatic N) is 1. The van der Waals surface area contributed by atoms with E-state index in [1.54, 1.807) is 12.1 Å². The molecule has 20 heavy (non-hydrogen) atoms. The number of hydrogen-bond donors (Lipinski definition) is 3. The number of anilines is 1. The molecule has 1 amide bonds. The summed E-state index contributed by atoms with van der Waals surface area (Å²) >= 11 is 0. The number of carbonyl (C=O) groups is 1. The van der Waals surface area contributed by atoms with Gasteiger partial charge in [-0.3, -0.25) is 4.79 Å². The predicted molar refractivity (Wildman–Crippen MR) is 78.1 cm³/mol. The van der Waals surface area contributed by atoms with Crippen molar-refractivity contribution in [3.8, 4) is 11.8 Å². The zero-order valence-corrected chi connectivity index (χ0v) is 12.1. The smallest absolute Gasteiger partial charge is 0.263 e. The zero-order valence-electron chi connectivity index (χ0n) is 12.1. The monoisotopic (exact) mass is 273 g/mol. The molecule has 0 aliphatic carbocycles. The average Bonchev–Trinajstić information content (AvgIpc) is 2.30. The molecule has 0 radical (unpaired) electrons. The highest BCUT2D eigenvalue weighted by Crippen LogP contribution is 2.23. The summed E-state index contributed by atoms with van der Waals surface area (Å²) in [5.41, 5.74) is 0.883. The van der Waals surface area contributed by atoms with Gasteiger partial charge < -0.3 is 15.7 Å². The number of phenols is 1. The van der Waals surface area contributed by atoms with Crippen LogP contribution < -0.4 is 10.6 Å². The lowest BCUT2D eigenvalue weighted by atomic mass is 10.1. The molecule has 1 aromatic carbocycles. The van der Waals surface area contributed by atoms with Crippen LogP contribution in [0.4, 0.5) is 5.69 Å². The summed E-state index contributed by atoms with van der Waals surface area (Å²) in [6, 6.07) is 6.92. The standard InChI is InChI=1S/C15H19N3O2/c1-10-5-6-12(13(19)7-10)17-9-11(8-16)14(20)18-15(2,3)4/h5-7,9,17,19H,1-4H3,(H,18,20)/b11-9-. The topological polar surface area (TPSA) is 85.2 Å². The van der Waals surface area contributed by atoms with Crippen LogP contribution >= 0.6 is 0 Å². The number of aryl methyl sites for hydroxylation is 1. The molecule has 5 heteroatoms. The first-order valence-corrected chi connectivity index (χ1v) is 6.22. The van der Waals surface area contributed by atoms with Gasteiger partial charge in [-0.2, -0.15) is 5.26 Å². The first-order chi connectivity index (χ1) is 9.23. The van der Waals surface area contributed by atoms with Crippen LogP contribution in [0.1, 0.15) is 26.3 Å². The molecule has 0 aromatic heterocycles. The van der Waals surface area contributed by atoms with Crippen LogP contribution in [-0.4, -0.2) is 16.6 Å². The molecule has 0 fully saturated rings. The van der Waals surface area contributed by atoms with Crippen LogP contribution in [0.5, 0.6) is 5.75 Å². The Morgan fingerprint density at radius 3 is 2.55 bits per heavy atom. The Bertz CT molecular complexity index is 578. The number of benzene rings is 1. The van der Waals surface area contributed by atoms with Crippen molar-refractivity contribution in [2.45, 2.75) is 33.2 Å². The second-order valence-electron chi connectivity index (χ2n) is 5.54. The van der Waals surface area contributed by atoms with Crippen LogP contribution in [0.3, 0.4) is 0 Å². The van der Waals surface area contributed by atoms with Crippen molar-refractivity contribution < 1.29 is 9.90 Å². The van der Waals surface area contributed by atoms with Crippen molar-refractivity contribution in [2.24, 2.45) is 0 Å². The van der Waals surface area contributed by atoms with Gasteiger partial charge in [0.05, 0.1) is 5.69 Å². The molecule has 0 bridgehead atoms. The van der Waals surface area contributed by atoms with E-state index in [9.17, 15) is 9.90 Å². The van der Waals surface area contributed by atoms with Gasteiger partial charge in [0.15, 0.2) is 0 Å². The quantitative estimate of drug-likeness (QED) is 0.448. The molecule has 3 N–H and O–H groups in total. The molecule has 0 saturated heterocycles. The molecule has 1 rings (SSSR count). The number of rotatable bonds is 3. The number of phenolic OH excluding ortho intramolecular Hbond substituents is 1. The van der Waals surface area contributed by atoms with Crippen LogP contribution in [0.15, 0.2) is 30.0 Å². The molecule has 0 heterocycles. The zero-order chi connectivity index (χ0) is 15.3. The van der Waals surface area contributed by atoms with Crippen LogP contribution in [0.2, 0.25) is 0 Å². The Morgan fingerprint density at radius 2 is 2.05 bits per heavy atom. The summed E-state index contributed by atoms with van der Waals surface area (Å²) in [7, 11) is 0. The maximum absolute atomic E-state index is 11.8. The van der Waals surface area contributed by atoms with Gasteiger partial charge in [-0.1, -0.05) is 6.07 Å². The molecule has 1 aromatic rings. The average molecular weight is 273 g/mol. The van der Waals surface area contributed by atoms with Crippen molar-refractivity contribution in [1.29, 1.82) is 5.26 Å². The highest BCUT2D eigenvalue weighted by molar-refractivity contribution is 5.98. The third-order valence-corrected chi connectivity index (χ3v) is 2.38. The molecular weight excluding hydrogens is 254 g/mol. The van der Waals surface area contributed by atoms with Gasteiger partial charge in [0, 0.05) is 11.7 Å². The summed E-state index contributed by atoms with van der Waals surface area (Å²) in [5, 5.41) is 24.2. The molecule has 106 valence electrons. The third-order valence-electron chi connectivity index (χ3n) is 2.38. The van der Waals surface area contributed by atoms with Gasteiger partial charge in [-0.25, -0.2) is 0 Å². The van der Waals surface area contributed by atoms with E-state index in [0.717, 1.165) is 5.56 Å². The summed E-state index contributed by atoms with van der Waals surface area (Å²) in [6.45, 7) is 7.36. The van der Waals surface area contributed by atoms with E-state index in [0.29, 0.717) is 5.69 Å². The Hall–Kier alpha value is -2.48. The Morgan fingerprint density at radius 1 is 1.40 bits per heavy atom. The van der Waals surface area contributed by atoms with E-state index in [1.807, 2.05) is 39.8 Å². The second kappa shape index (κ2) is 6.11. The lowest BCUT2D eigenvalue weighted by Gasteiger charge is -2.20. The van der Waals surface area contributed by atoms with Gasteiger partial charge in [0.2, 0.25) is 0 Å². The molecule has 0 aliphatic heterocycles. The maximum Gasteiger partial charge on any atom is 0.263 e. The minimum atomic E-state index is -0.459. The molecule has 0 atom stereocenters. The molecule has 0 saturated carbocycles. The van der Waals surface area contributed by atoms with E-state index in [2.05, 4.69) is 10.6 Å². The third kappa shape index (κ3) is 4.65.